The Balaban J connectivity index is 1.60. The second-order valence-corrected chi connectivity index (χ2v) is 17.2. The summed E-state index contributed by atoms with van der Waals surface area (Å²) in [5.41, 5.74) is 4.58. The van der Waals surface area contributed by atoms with E-state index in [0.29, 0.717) is 18.7 Å². The number of aromatic hydroxyl groups is 1. The van der Waals surface area contributed by atoms with Crippen LogP contribution in [-0.4, -0.2) is 52.9 Å². The summed E-state index contributed by atoms with van der Waals surface area (Å²) in [4.78, 5) is 34.6. The fourth-order valence-electron chi connectivity index (χ4n) is 5.01. The van der Waals surface area contributed by atoms with Crippen LogP contribution in [0.4, 0.5) is 0 Å². The zero-order chi connectivity index (χ0) is 31.8. The molecule has 0 saturated heterocycles. The summed E-state index contributed by atoms with van der Waals surface area (Å²) in [5, 5.41) is 35.1. The van der Waals surface area contributed by atoms with E-state index in [1.54, 1.807) is 18.2 Å². The van der Waals surface area contributed by atoms with Gasteiger partial charge in [0.2, 0.25) is 5.91 Å². The highest BCUT2D eigenvalue weighted by molar-refractivity contribution is 6.72. The fourth-order valence-corrected chi connectivity index (χ4v) is 5.76. The predicted octanol–water partition coefficient (Wildman–Crippen LogP) is 5.11. The van der Waals surface area contributed by atoms with Crippen LogP contribution in [0.5, 0.6) is 5.75 Å². The second-order valence-electron chi connectivity index (χ2n) is 12.7. The summed E-state index contributed by atoms with van der Waals surface area (Å²) in [6.07, 6.45) is 1.76. The van der Waals surface area contributed by atoms with Gasteiger partial charge in [-0.25, -0.2) is 4.79 Å². The average Bonchev–Trinajstić information content (AvgIpc) is 2.94. The molecule has 0 aliphatic carbocycles. The maximum absolute atomic E-state index is 12.6. The Morgan fingerprint density at radius 2 is 1.63 bits per heavy atom. The van der Waals surface area contributed by atoms with E-state index in [1.807, 2.05) is 43.4 Å². The summed E-state index contributed by atoms with van der Waals surface area (Å²) in [6, 6.07) is 20.0. The first-order valence-electron chi connectivity index (χ1n) is 14.7. The molecule has 8 nitrogen and oxygen atoms in total. The molecule has 3 rings (SSSR count). The lowest BCUT2D eigenvalue weighted by Gasteiger charge is -2.38. The van der Waals surface area contributed by atoms with E-state index in [2.05, 4.69) is 37.5 Å². The van der Waals surface area contributed by atoms with Gasteiger partial charge >= 0.3 is 5.97 Å². The average molecular weight is 607 g/mol. The third kappa shape index (κ3) is 10.0. The summed E-state index contributed by atoms with van der Waals surface area (Å²) in [5.74, 6) is -0.949. The Morgan fingerprint density at radius 1 is 0.953 bits per heavy atom. The van der Waals surface area contributed by atoms with Crippen LogP contribution in [0.25, 0.3) is 0 Å². The SMILES string of the molecule is C[C@H](Cc1cccc(CC(=O)NCc2ccc(C(=O)O)cc2)c1)NC[C@H](CC(C)(C)[Si](C)(C)O)c1ccc(O)c(CO)c1. The molecule has 0 aliphatic rings. The first-order chi connectivity index (χ1) is 20.2. The molecular formula is C34H46N2O6Si. The van der Waals surface area contributed by atoms with Crippen molar-refractivity contribution in [1.82, 2.24) is 10.6 Å². The van der Waals surface area contributed by atoms with Crippen LogP contribution >= 0.6 is 0 Å². The first-order valence-corrected chi connectivity index (χ1v) is 17.7. The Bertz CT molecular complexity index is 1380. The van der Waals surface area contributed by atoms with Crippen LogP contribution in [0.1, 0.15) is 71.3 Å². The van der Waals surface area contributed by atoms with Gasteiger partial charge < -0.3 is 30.7 Å². The van der Waals surface area contributed by atoms with Crippen LogP contribution in [0.3, 0.4) is 0 Å². The minimum Gasteiger partial charge on any atom is -0.508 e. The number of aliphatic hydroxyl groups excluding tert-OH is 1. The number of nitrogens with one attached hydrogen (secondary N) is 2. The number of hydrogen-bond donors (Lipinski definition) is 6. The molecule has 2 atom stereocenters. The Morgan fingerprint density at radius 3 is 2.26 bits per heavy atom. The van der Waals surface area contributed by atoms with Crippen molar-refractivity contribution in [3.8, 4) is 5.75 Å². The summed E-state index contributed by atoms with van der Waals surface area (Å²) in [7, 11) is -2.46. The molecule has 0 spiro atoms. The summed E-state index contributed by atoms with van der Waals surface area (Å²) >= 11 is 0. The number of rotatable bonds is 15. The molecule has 43 heavy (non-hydrogen) atoms. The van der Waals surface area contributed by atoms with Crippen molar-refractivity contribution in [2.24, 2.45) is 0 Å². The van der Waals surface area contributed by atoms with Gasteiger partial charge in [-0.2, -0.15) is 0 Å². The van der Waals surface area contributed by atoms with Crippen molar-refractivity contribution in [1.29, 1.82) is 0 Å². The normalized spacial score (nSPS) is 13.4. The zero-order valence-electron chi connectivity index (χ0n) is 25.9. The molecule has 232 valence electrons. The van der Waals surface area contributed by atoms with Gasteiger partial charge in [0.05, 0.1) is 18.6 Å². The second kappa shape index (κ2) is 14.8. The number of carbonyl (C=O) groups excluding carboxylic acids is 1. The number of aromatic carboxylic acids is 1. The highest BCUT2D eigenvalue weighted by Crippen LogP contribution is 2.44. The van der Waals surface area contributed by atoms with Gasteiger partial charge in [-0.15, -0.1) is 0 Å². The van der Waals surface area contributed by atoms with Crippen LogP contribution in [0, 0.1) is 0 Å². The van der Waals surface area contributed by atoms with Crippen molar-refractivity contribution in [3.63, 3.8) is 0 Å². The number of carbonyl (C=O) groups is 2. The van der Waals surface area contributed by atoms with Crippen LogP contribution in [0.15, 0.2) is 66.7 Å². The number of amides is 1. The highest BCUT2D eigenvalue weighted by atomic mass is 28.4. The molecule has 0 fully saturated rings. The van der Waals surface area contributed by atoms with E-state index >= 15 is 0 Å². The zero-order valence-corrected chi connectivity index (χ0v) is 26.9. The van der Waals surface area contributed by atoms with Crippen LogP contribution < -0.4 is 10.6 Å². The monoisotopic (exact) mass is 606 g/mol. The molecule has 0 heterocycles. The highest BCUT2D eigenvalue weighted by Gasteiger charge is 2.40. The lowest BCUT2D eigenvalue weighted by atomic mass is 9.88. The molecule has 9 heteroatoms. The molecule has 0 bridgehead atoms. The van der Waals surface area contributed by atoms with Crippen LogP contribution in [0.2, 0.25) is 18.1 Å². The van der Waals surface area contributed by atoms with E-state index in [1.165, 1.54) is 12.1 Å². The standard InChI is InChI=1S/C34H46N2O6Si/c1-23(35-21-30(19-34(2,3)43(4,5)42)28-13-14-31(38)29(18-28)22-37)15-25-7-6-8-26(16-25)17-32(39)36-20-24-9-11-27(12-10-24)33(40)41/h6-14,16,18,23,30,35,37-38,42H,15,17,19-22H2,1-5H3,(H,36,39)(H,40,41)/t23-,30+/m1/s1. The van der Waals surface area contributed by atoms with E-state index in [0.717, 1.165) is 35.1 Å². The van der Waals surface area contributed by atoms with Crippen molar-refractivity contribution >= 4 is 20.2 Å². The third-order valence-electron chi connectivity index (χ3n) is 8.46. The molecule has 0 aromatic heterocycles. The largest absolute Gasteiger partial charge is 0.508 e. The minimum absolute atomic E-state index is 0.0673. The number of carboxylic acid groups (broad SMARTS) is 1. The van der Waals surface area contributed by atoms with Crippen molar-refractivity contribution in [3.05, 3.63) is 100 Å². The van der Waals surface area contributed by atoms with Gasteiger partial charge in [0, 0.05) is 24.7 Å². The van der Waals surface area contributed by atoms with E-state index < -0.39 is 14.3 Å². The molecule has 3 aromatic rings. The number of aliphatic hydroxyl groups is 1. The fraction of sp³-hybridized carbons (Fsp3) is 0.412. The van der Waals surface area contributed by atoms with Gasteiger partial charge in [-0.3, -0.25) is 4.79 Å². The van der Waals surface area contributed by atoms with Gasteiger partial charge in [0.1, 0.15) is 5.75 Å². The van der Waals surface area contributed by atoms with E-state index in [9.17, 15) is 24.6 Å². The summed E-state index contributed by atoms with van der Waals surface area (Å²) < 4.78 is 0. The lowest BCUT2D eigenvalue weighted by molar-refractivity contribution is -0.120. The third-order valence-corrected chi connectivity index (χ3v) is 12.0. The predicted molar refractivity (Wildman–Crippen MR) is 172 cm³/mol. The Labute approximate surface area is 255 Å². The molecular weight excluding hydrogens is 560 g/mol. The van der Waals surface area contributed by atoms with Crippen molar-refractivity contribution < 1.29 is 29.7 Å². The Hall–Kier alpha value is -3.50. The summed E-state index contributed by atoms with van der Waals surface area (Å²) in [6.45, 7) is 11.0. The number of carboxylic acids is 1. The number of phenols is 1. The molecule has 3 aromatic carbocycles. The maximum atomic E-state index is 12.6. The molecule has 0 aliphatic heterocycles. The van der Waals surface area contributed by atoms with Gasteiger partial charge in [-0.05, 0) is 90.3 Å². The molecule has 6 N–H and O–H groups in total. The molecule has 0 saturated carbocycles. The van der Waals surface area contributed by atoms with Gasteiger partial charge in [-0.1, -0.05) is 56.3 Å². The number of hydrogen-bond acceptors (Lipinski definition) is 6. The molecule has 1 amide bonds. The van der Waals surface area contributed by atoms with Crippen molar-refractivity contribution in [2.45, 2.75) is 83.3 Å². The van der Waals surface area contributed by atoms with E-state index in [-0.39, 0.29) is 47.2 Å². The quantitative estimate of drug-likeness (QED) is 0.132. The first kappa shape index (κ1) is 34.0. The Kier molecular flexibility index (Phi) is 11.7. The van der Waals surface area contributed by atoms with E-state index in [4.69, 9.17) is 5.11 Å². The molecule has 0 radical (unpaired) electrons. The van der Waals surface area contributed by atoms with Gasteiger partial charge in [0.25, 0.3) is 0 Å². The maximum Gasteiger partial charge on any atom is 0.335 e. The smallest absolute Gasteiger partial charge is 0.335 e. The minimum atomic E-state index is -2.46. The lowest BCUT2D eigenvalue weighted by Crippen LogP contribution is -2.41. The topological polar surface area (TPSA) is 139 Å². The van der Waals surface area contributed by atoms with Crippen molar-refractivity contribution in [2.75, 3.05) is 6.54 Å². The van der Waals surface area contributed by atoms with Crippen LogP contribution in [-0.2, 0) is 30.8 Å². The molecule has 0 unspecified atom stereocenters. The number of benzene rings is 3. The van der Waals surface area contributed by atoms with Gasteiger partial charge in [0.15, 0.2) is 8.32 Å².